The van der Waals surface area contributed by atoms with Crippen molar-refractivity contribution in [2.24, 2.45) is 0 Å². The zero-order chi connectivity index (χ0) is 26.0. The third kappa shape index (κ3) is 7.70. The van der Waals surface area contributed by atoms with Crippen molar-refractivity contribution in [1.29, 1.82) is 0 Å². The minimum Gasteiger partial charge on any atom is -0.509 e. The van der Waals surface area contributed by atoms with E-state index in [4.69, 9.17) is 4.74 Å². The Morgan fingerprint density at radius 1 is 0.784 bits per heavy atom. The smallest absolute Gasteiger partial charge is 0.144 e. The molecule has 0 saturated heterocycles. The molecule has 3 nitrogen and oxygen atoms in total. The Morgan fingerprint density at radius 3 is 1.95 bits per heavy atom. The second kappa shape index (κ2) is 12.8. The van der Waals surface area contributed by atoms with E-state index in [0.29, 0.717) is 0 Å². The number of ether oxygens (including phenoxy) is 1. The molecule has 37 heavy (non-hydrogen) atoms. The largest absolute Gasteiger partial charge is 0.509 e. The first-order valence-electron chi connectivity index (χ1n) is 12.6. The predicted molar refractivity (Wildman–Crippen MR) is 155 cm³/mol. The molecule has 0 unspecified atom stereocenters. The van der Waals surface area contributed by atoms with E-state index in [2.05, 4.69) is 111 Å². The van der Waals surface area contributed by atoms with Crippen molar-refractivity contribution in [1.82, 2.24) is 4.90 Å². The standard InChI is InChI=1S/C34H35NO2/c1-26(36)25-37-34-19-18-31(24-33(34)22-28-13-8-5-9-14-28)30-17-16-29(15-10-20-35(2)3)32(23-30)21-27-11-6-4-7-12-27/h4-19,23-24,36H,1,20-22,25H2,2-3H3/b15-10-. The zero-order valence-corrected chi connectivity index (χ0v) is 21.7. The quantitative estimate of drug-likeness (QED) is 0.221. The number of hydrogen-bond donors (Lipinski definition) is 1. The fourth-order valence-corrected chi connectivity index (χ4v) is 4.32. The van der Waals surface area contributed by atoms with E-state index < -0.39 is 0 Å². The molecule has 3 heteroatoms. The number of rotatable bonds is 11. The van der Waals surface area contributed by atoms with E-state index in [9.17, 15) is 5.11 Å². The fraction of sp³-hybridized carbons (Fsp3) is 0.176. The topological polar surface area (TPSA) is 32.7 Å². The fourth-order valence-electron chi connectivity index (χ4n) is 4.32. The number of benzene rings is 4. The lowest BCUT2D eigenvalue weighted by Gasteiger charge is -2.15. The van der Waals surface area contributed by atoms with E-state index in [1.165, 1.54) is 27.8 Å². The Balaban J connectivity index is 1.71. The summed E-state index contributed by atoms with van der Waals surface area (Å²) in [6.45, 7) is 4.53. The van der Waals surface area contributed by atoms with Crippen LogP contribution in [-0.2, 0) is 12.8 Å². The number of aliphatic hydroxyl groups excluding tert-OH is 1. The second-order valence-corrected chi connectivity index (χ2v) is 9.58. The van der Waals surface area contributed by atoms with Crippen LogP contribution in [0.2, 0.25) is 0 Å². The predicted octanol–water partition coefficient (Wildman–Crippen LogP) is 7.56. The van der Waals surface area contributed by atoms with Gasteiger partial charge in [0.05, 0.1) is 0 Å². The molecule has 0 heterocycles. The van der Waals surface area contributed by atoms with Crippen LogP contribution in [0.1, 0.15) is 27.8 Å². The summed E-state index contributed by atoms with van der Waals surface area (Å²) in [4.78, 5) is 2.16. The van der Waals surface area contributed by atoms with Crippen LogP contribution >= 0.6 is 0 Å². The summed E-state index contributed by atoms with van der Waals surface area (Å²) in [5.41, 5.74) is 8.41. The van der Waals surface area contributed by atoms with Crippen molar-refractivity contribution in [3.8, 4) is 16.9 Å². The Kier molecular flexibility index (Phi) is 8.96. The molecule has 4 aromatic carbocycles. The van der Waals surface area contributed by atoms with Crippen molar-refractivity contribution >= 4 is 6.08 Å². The molecule has 0 aromatic heterocycles. The van der Waals surface area contributed by atoms with Gasteiger partial charge in [0.15, 0.2) is 0 Å². The van der Waals surface area contributed by atoms with Crippen molar-refractivity contribution < 1.29 is 9.84 Å². The molecule has 0 aliphatic heterocycles. The lowest BCUT2D eigenvalue weighted by molar-refractivity contribution is 0.270. The molecule has 0 fully saturated rings. The Bertz CT molecular complexity index is 1340. The van der Waals surface area contributed by atoms with Crippen LogP contribution in [0.4, 0.5) is 0 Å². The molecule has 188 valence electrons. The highest BCUT2D eigenvalue weighted by molar-refractivity contribution is 5.70. The van der Waals surface area contributed by atoms with E-state index in [1.54, 1.807) is 0 Å². The maximum absolute atomic E-state index is 9.57. The van der Waals surface area contributed by atoms with Gasteiger partial charge in [-0.3, -0.25) is 0 Å². The average molecular weight is 490 g/mol. The minimum atomic E-state index is 0.0122. The van der Waals surface area contributed by atoms with Gasteiger partial charge < -0.3 is 14.7 Å². The van der Waals surface area contributed by atoms with Crippen molar-refractivity contribution in [3.05, 3.63) is 143 Å². The number of likely N-dealkylation sites (N-methyl/N-ethyl adjacent to an activating group) is 1. The number of nitrogens with zero attached hydrogens (tertiary/aromatic N) is 1. The second-order valence-electron chi connectivity index (χ2n) is 9.58. The Labute approximate surface area is 221 Å². The van der Waals surface area contributed by atoms with Gasteiger partial charge in [-0.2, -0.15) is 0 Å². The maximum Gasteiger partial charge on any atom is 0.144 e. The highest BCUT2D eigenvalue weighted by Crippen LogP contribution is 2.31. The van der Waals surface area contributed by atoms with Gasteiger partial charge in [-0.1, -0.05) is 104 Å². The normalized spacial score (nSPS) is 11.2. The molecule has 0 amide bonds. The van der Waals surface area contributed by atoms with Gasteiger partial charge in [0, 0.05) is 13.0 Å². The highest BCUT2D eigenvalue weighted by Gasteiger charge is 2.11. The number of aliphatic hydroxyl groups is 1. The lowest BCUT2D eigenvalue weighted by atomic mass is 9.93. The first-order valence-corrected chi connectivity index (χ1v) is 12.6. The summed E-state index contributed by atoms with van der Waals surface area (Å²) in [7, 11) is 4.16. The van der Waals surface area contributed by atoms with E-state index in [-0.39, 0.29) is 12.4 Å². The third-order valence-electron chi connectivity index (χ3n) is 6.17. The summed E-state index contributed by atoms with van der Waals surface area (Å²) in [6, 6.07) is 34.0. The van der Waals surface area contributed by atoms with Crippen LogP contribution in [0.25, 0.3) is 17.2 Å². The molecule has 4 aromatic rings. The maximum atomic E-state index is 9.57. The Hall–Kier alpha value is -4.08. The van der Waals surface area contributed by atoms with Crippen LogP contribution in [0, 0.1) is 0 Å². The van der Waals surface area contributed by atoms with Crippen LogP contribution < -0.4 is 4.74 Å². The van der Waals surface area contributed by atoms with Crippen molar-refractivity contribution in [2.45, 2.75) is 12.8 Å². The number of hydrogen-bond acceptors (Lipinski definition) is 3. The first-order chi connectivity index (χ1) is 18.0. The molecule has 0 saturated carbocycles. The monoisotopic (exact) mass is 489 g/mol. The summed E-state index contributed by atoms with van der Waals surface area (Å²) >= 11 is 0. The summed E-state index contributed by atoms with van der Waals surface area (Å²) in [5, 5.41) is 9.57. The van der Waals surface area contributed by atoms with Gasteiger partial charge in [-0.15, -0.1) is 0 Å². The summed E-state index contributed by atoms with van der Waals surface area (Å²) in [6.07, 6.45) is 6.04. The molecule has 0 spiro atoms. The molecule has 0 radical (unpaired) electrons. The average Bonchev–Trinajstić information content (AvgIpc) is 2.89. The third-order valence-corrected chi connectivity index (χ3v) is 6.17. The lowest BCUT2D eigenvalue weighted by Crippen LogP contribution is -2.10. The first kappa shape index (κ1) is 26.0. The van der Waals surface area contributed by atoms with Gasteiger partial charge in [-0.25, -0.2) is 0 Å². The van der Waals surface area contributed by atoms with E-state index in [0.717, 1.165) is 36.3 Å². The molecular weight excluding hydrogens is 454 g/mol. The van der Waals surface area contributed by atoms with E-state index >= 15 is 0 Å². The van der Waals surface area contributed by atoms with Crippen molar-refractivity contribution in [2.75, 3.05) is 27.2 Å². The van der Waals surface area contributed by atoms with E-state index in [1.807, 2.05) is 24.3 Å². The Morgan fingerprint density at radius 2 is 1.35 bits per heavy atom. The summed E-state index contributed by atoms with van der Waals surface area (Å²) in [5.74, 6) is 0.772. The minimum absolute atomic E-state index is 0.0122. The van der Waals surface area contributed by atoms with Gasteiger partial charge in [0.25, 0.3) is 0 Å². The van der Waals surface area contributed by atoms with Gasteiger partial charge in [-0.05, 0) is 71.6 Å². The molecule has 0 atom stereocenters. The molecule has 0 aliphatic carbocycles. The van der Waals surface area contributed by atoms with Crippen LogP contribution in [0.5, 0.6) is 5.75 Å². The molecule has 4 rings (SSSR count). The summed E-state index contributed by atoms with van der Waals surface area (Å²) < 4.78 is 5.88. The van der Waals surface area contributed by atoms with Crippen molar-refractivity contribution in [3.63, 3.8) is 0 Å². The molecule has 0 aliphatic rings. The molecular formula is C34H35NO2. The zero-order valence-electron chi connectivity index (χ0n) is 21.7. The van der Waals surface area contributed by atoms with Crippen LogP contribution in [-0.4, -0.2) is 37.3 Å². The van der Waals surface area contributed by atoms with Crippen LogP contribution in [0.15, 0.2) is 115 Å². The van der Waals surface area contributed by atoms with Gasteiger partial charge in [0.2, 0.25) is 0 Å². The van der Waals surface area contributed by atoms with Gasteiger partial charge in [0.1, 0.15) is 18.1 Å². The SMILES string of the molecule is C=C(O)COc1ccc(-c2ccc(/C=C\CN(C)C)c(Cc3ccccc3)c2)cc1Cc1ccccc1. The van der Waals surface area contributed by atoms with Gasteiger partial charge >= 0.3 is 0 Å². The molecule has 0 bridgehead atoms. The molecule has 1 N–H and O–H groups in total. The highest BCUT2D eigenvalue weighted by atomic mass is 16.5. The van der Waals surface area contributed by atoms with Crippen LogP contribution in [0.3, 0.4) is 0 Å².